The average molecular weight is 317 g/mol. The Labute approximate surface area is 136 Å². The predicted molar refractivity (Wildman–Crippen MR) is 88.5 cm³/mol. The topological polar surface area (TPSA) is 84.7 Å². The highest BCUT2D eigenvalue weighted by molar-refractivity contribution is 5.98. The SMILES string of the molecule is COc1cc(NC(=O)C2CCCC2N)ccc1N1CCCC1=O. The minimum Gasteiger partial charge on any atom is -0.494 e. The molecule has 0 aromatic heterocycles. The molecule has 6 heteroatoms. The summed E-state index contributed by atoms with van der Waals surface area (Å²) >= 11 is 0. The van der Waals surface area contributed by atoms with Crippen LogP contribution in [0.25, 0.3) is 0 Å². The number of nitrogens with zero attached hydrogens (tertiary/aromatic N) is 1. The van der Waals surface area contributed by atoms with Crippen LogP contribution in [-0.4, -0.2) is 31.5 Å². The van der Waals surface area contributed by atoms with Crippen LogP contribution < -0.4 is 20.7 Å². The van der Waals surface area contributed by atoms with Crippen molar-refractivity contribution < 1.29 is 14.3 Å². The number of carbonyl (C=O) groups excluding carboxylic acids is 2. The molecule has 2 unspecified atom stereocenters. The van der Waals surface area contributed by atoms with Crippen molar-refractivity contribution in [2.75, 3.05) is 23.9 Å². The standard InChI is InChI=1S/C17H23N3O3/c1-23-15-10-11(19-17(22)12-4-2-5-13(12)18)7-8-14(15)20-9-3-6-16(20)21/h7-8,10,12-13H,2-6,9,18H2,1H3,(H,19,22). The molecule has 0 radical (unpaired) electrons. The molecule has 1 saturated carbocycles. The van der Waals surface area contributed by atoms with E-state index in [0.717, 1.165) is 31.4 Å². The Bertz CT molecular complexity index is 617. The smallest absolute Gasteiger partial charge is 0.229 e. The van der Waals surface area contributed by atoms with Crippen LogP contribution in [0.5, 0.6) is 5.75 Å². The van der Waals surface area contributed by atoms with Gasteiger partial charge >= 0.3 is 0 Å². The van der Waals surface area contributed by atoms with Gasteiger partial charge in [-0.1, -0.05) is 6.42 Å². The molecule has 3 N–H and O–H groups in total. The normalized spacial score (nSPS) is 24.1. The third kappa shape index (κ3) is 3.17. The summed E-state index contributed by atoms with van der Waals surface area (Å²) in [6.45, 7) is 0.706. The number of hydrogen-bond donors (Lipinski definition) is 2. The zero-order chi connectivity index (χ0) is 16.4. The molecule has 6 nitrogen and oxygen atoms in total. The van der Waals surface area contributed by atoms with Gasteiger partial charge in [-0.05, 0) is 31.4 Å². The fourth-order valence-corrected chi connectivity index (χ4v) is 3.43. The largest absolute Gasteiger partial charge is 0.494 e. The summed E-state index contributed by atoms with van der Waals surface area (Å²) in [4.78, 5) is 26.0. The number of carbonyl (C=O) groups is 2. The van der Waals surface area contributed by atoms with E-state index < -0.39 is 0 Å². The molecule has 1 heterocycles. The maximum atomic E-state index is 12.3. The Hall–Kier alpha value is -2.08. The lowest BCUT2D eigenvalue weighted by atomic mass is 10.0. The molecule has 2 atom stereocenters. The number of hydrogen-bond acceptors (Lipinski definition) is 4. The first kappa shape index (κ1) is 15.8. The third-order valence-corrected chi connectivity index (χ3v) is 4.72. The second kappa shape index (κ2) is 6.58. The van der Waals surface area contributed by atoms with Gasteiger partial charge in [-0.25, -0.2) is 0 Å². The lowest BCUT2D eigenvalue weighted by Gasteiger charge is -2.20. The van der Waals surface area contributed by atoms with Crippen LogP contribution in [-0.2, 0) is 9.59 Å². The van der Waals surface area contributed by atoms with Gasteiger partial charge in [-0.3, -0.25) is 9.59 Å². The van der Waals surface area contributed by atoms with Crippen molar-refractivity contribution in [3.05, 3.63) is 18.2 Å². The molecule has 0 spiro atoms. The second-order valence-electron chi connectivity index (χ2n) is 6.23. The maximum Gasteiger partial charge on any atom is 0.229 e. The van der Waals surface area contributed by atoms with Gasteiger partial charge < -0.3 is 20.7 Å². The first-order valence-electron chi connectivity index (χ1n) is 8.15. The number of nitrogens with one attached hydrogen (secondary N) is 1. The summed E-state index contributed by atoms with van der Waals surface area (Å²) in [5.74, 6) is 0.536. The molecule has 1 aromatic rings. The Kier molecular flexibility index (Phi) is 4.52. The highest BCUT2D eigenvalue weighted by atomic mass is 16.5. The van der Waals surface area contributed by atoms with Gasteiger partial charge in [0.15, 0.2) is 0 Å². The summed E-state index contributed by atoms with van der Waals surface area (Å²) in [5.41, 5.74) is 7.41. The van der Waals surface area contributed by atoms with E-state index in [2.05, 4.69) is 5.32 Å². The van der Waals surface area contributed by atoms with Crippen molar-refractivity contribution in [2.45, 2.75) is 38.1 Å². The van der Waals surface area contributed by atoms with Gasteiger partial charge in [0.1, 0.15) is 5.75 Å². The number of anilines is 2. The Balaban J connectivity index is 1.76. The van der Waals surface area contributed by atoms with Crippen LogP contribution in [0.1, 0.15) is 32.1 Å². The van der Waals surface area contributed by atoms with Gasteiger partial charge in [0.2, 0.25) is 11.8 Å². The van der Waals surface area contributed by atoms with Gasteiger partial charge in [0.05, 0.1) is 18.7 Å². The van der Waals surface area contributed by atoms with Crippen molar-refractivity contribution in [3.8, 4) is 5.75 Å². The van der Waals surface area contributed by atoms with E-state index in [0.29, 0.717) is 24.4 Å². The summed E-state index contributed by atoms with van der Waals surface area (Å²) in [7, 11) is 1.57. The summed E-state index contributed by atoms with van der Waals surface area (Å²) < 4.78 is 5.41. The fourth-order valence-electron chi connectivity index (χ4n) is 3.43. The molecule has 2 fully saturated rings. The number of benzene rings is 1. The Morgan fingerprint density at radius 3 is 2.78 bits per heavy atom. The number of amides is 2. The second-order valence-corrected chi connectivity index (χ2v) is 6.23. The Morgan fingerprint density at radius 1 is 1.35 bits per heavy atom. The minimum absolute atomic E-state index is 0.0398. The summed E-state index contributed by atoms with van der Waals surface area (Å²) in [5, 5.41) is 2.92. The molecular formula is C17H23N3O3. The summed E-state index contributed by atoms with van der Waals surface area (Å²) in [6.07, 6.45) is 4.17. The van der Waals surface area contributed by atoms with E-state index >= 15 is 0 Å². The molecule has 2 amide bonds. The van der Waals surface area contributed by atoms with E-state index in [9.17, 15) is 9.59 Å². The van der Waals surface area contributed by atoms with Gasteiger partial charge in [0.25, 0.3) is 0 Å². The molecule has 0 bridgehead atoms. The molecule has 23 heavy (non-hydrogen) atoms. The van der Waals surface area contributed by atoms with Crippen LogP contribution in [0.3, 0.4) is 0 Å². The van der Waals surface area contributed by atoms with E-state index in [4.69, 9.17) is 10.5 Å². The van der Waals surface area contributed by atoms with E-state index in [-0.39, 0.29) is 23.8 Å². The number of nitrogens with two attached hydrogens (primary N) is 1. The molecule has 1 aliphatic carbocycles. The quantitative estimate of drug-likeness (QED) is 0.888. The third-order valence-electron chi connectivity index (χ3n) is 4.72. The van der Waals surface area contributed by atoms with E-state index in [1.54, 1.807) is 18.1 Å². The molecule has 2 aliphatic rings. The zero-order valence-electron chi connectivity index (χ0n) is 13.4. The van der Waals surface area contributed by atoms with Gasteiger partial charge in [0, 0.05) is 30.8 Å². The maximum absolute atomic E-state index is 12.3. The van der Waals surface area contributed by atoms with Crippen molar-refractivity contribution in [1.82, 2.24) is 0 Å². The van der Waals surface area contributed by atoms with Crippen molar-refractivity contribution >= 4 is 23.2 Å². The van der Waals surface area contributed by atoms with Crippen LogP contribution in [0.15, 0.2) is 18.2 Å². The zero-order valence-corrected chi connectivity index (χ0v) is 13.4. The molecule has 1 aromatic carbocycles. The molecule has 1 saturated heterocycles. The Morgan fingerprint density at radius 2 is 2.17 bits per heavy atom. The van der Waals surface area contributed by atoms with Gasteiger partial charge in [-0.2, -0.15) is 0 Å². The number of methoxy groups -OCH3 is 1. The predicted octanol–water partition coefficient (Wildman–Crippen LogP) is 1.89. The monoisotopic (exact) mass is 317 g/mol. The first-order chi connectivity index (χ1) is 11.1. The molecule has 124 valence electrons. The van der Waals surface area contributed by atoms with Crippen molar-refractivity contribution in [3.63, 3.8) is 0 Å². The van der Waals surface area contributed by atoms with E-state index in [1.807, 2.05) is 12.1 Å². The van der Waals surface area contributed by atoms with E-state index in [1.165, 1.54) is 0 Å². The highest BCUT2D eigenvalue weighted by Crippen LogP contribution is 2.34. The molecule has 3 rings (SSSR count). The molecule has 1 aliphatic heterocycles. The first-order valence-corrected chi connectivity index (χ1v) is 8.15. The van der Waals surface area contributed by atoms with Crippen LogP contribution in [0, 0.1) is 5.92 Å². The van der Waals surface area contributed by atoms with Gasteiger partial charge in [-0.15, -0.1) is 0 Å². The minimum atomic E-state index is -0.124. The molecular weight excluding hydrogens is 294 g/mol. The number of ether oxygens (including phenoxy) is 1. The summed E-state index contributed by atoms with van der Waals surface area (Å²) in [6, 6.07) is 5.34. The highest BCUT2D eigenvalue weighted by Gasteiger charge is 2.30. The van der Waals surface area contributed by atoms with Crippen LogP contribution >= 0.6 is 0 Å². The fraction of sp³-hybridized carbons (Fsp3) is 0.529. The number of rotatable bonds is 4. The van der Waals surface area contributed by atoms with Crippen molar-refractivity contribution in [1.29, 1.82) is 0 Å². The lowest BCUT2D eigenvalue weighted by Crippen LogP contribution is -2.34. The average Bonchev–Trinajstić information content (AvgIpc) is 3.15. The van der Waals surface area contributed by atoms with Crippen LogP contribution in [0.4, 0.5) is 11.4 Å². The van der Waals surface area contributed by atoms with Crippen molar-refractivity contribution in [2.24, 2.45) is 11.7 Å². The van der Waals surface area contributed by atoms with Crippen LogP contribution in [0.2, 0.25) is 0 Å². The lowest BCUT2D eigenvalue weighted by molar-refractivity contribution is -0.120.